The fraction of sp³-hybridized carbons (Fsp3) is 0.318. The Balaban J connectivity index is 0.000000589. The maximum atomic E-state index is 13.0. The van der Waals surface area contributed by atoms with Crippen molar-refractivity contribution in [1.82, 2.24) is 9.80 Å². The van der Waals surface area contributed by atoms with E-state index < -0.39 is 11.9 Å². The first-order chi connectivity index (χ1) is 14.3. The van der Waals surface area contributed by atoms with Crippen molar-refractivity contribution in [3.05, 3.63) is 69.7 Å². The Morgan fingerprint density at radius 1 is 1.13 bits per heavy atom. The molecule has 2 aliphatic heterocycles. The number of benzene rings is 2. The number of halogens is 1. The van der Waals surface area contributed by atoms with E-state index in [2.05, 4.69) is 38.7 Å². The molecule has 2 atom stereocenters. The van der Waals surface area contributed by atoms with Gasteiger partial charge in [-0.1, -0.05) is 46.3 Å². The van der Waals surface area contributed by atoms with Crippen molar-refractivity contribution in [2.75, 3.05) is 6.54 Å². The van der Waals surface area contributed by atoms with Gasteiger partial charge in [-0.3, -0.25) is 19.3 Å². The SMILES string of the molecule is CC(N)=O.NC(=O)C1CCCN(Cc2cccc(Br)c2)C2c3ccccc3C(=O)N12. The molecule has 4 N–H and O–H groups in total. The lowest BCUT2D eigenvalue weighted by Gasteiger charge is -2.35. The molecule has 2 aromatic carbocycles. The van der Waals surface area contributed by atoms with E-state index in [9.17, 15) is 14.4 Å². The van der Waals surface area contributed by atoms with Gasteiger partial charge in [0.25, 0.3) is 5.91 Å². The number of hydrogen-bond donors (Lipinski definition) is 2. The van der Waals surface area contributed by atoms with E-state index in [1.54, 1.807) is 4.90 Å². The van der Waals surface area contributed by atoms with Gasteiger partial charge in [0.2, 0.25) is 11.8 Å². The van der Waals surface area contributed by atoms with Crippen molar-refractivity contribution in [1.29, 1.82) is 0 Å². The lowest BCUT2D eigenvalue weighted by molar-refractivity contribution is -0.124. The quantitative estimate of drug-likeness (QED) is 0.714. The Morgan fingerprint density at radius 2 is 1.83 bits per heavy atom. The molecule has 2 aliphatic rings. The van der Waals surface area contributed by atoms with Crippen LogP contribution in [0.15, 0.2) is 53.0 Å². The minimum Gasteiger partial charge on any atom is -0.370 e. The smallest absolute Gasteiger partial charge is 0.256 e. The molecular weight excluding hydrogens is 448 g/mol. The molecule has 0 radical (unpaired) electrons. The number of amides is 3. The first-order valence-electron chi connectivity index (χ1n) is 9.75. The van der Waals surface area contributed by atoms with Crippen LogP contribution >= 0.6 is 15.9 Å². The lowest BCUT2D eigenvalue weighted by Crippen LogP contribution is -2.48. The summed E-state index contributed by atoms with van der Waals surface area (Å²) in [6, 6.07) is 15.2. The fourth-order valence-electron chi connectivity index (χ4n) is 4.07. The zero-order valence-electron chi connectivity index (χ0n) is 16.8. The molecule has 158 valence electrons. The predicted molar refractivity (Wildman–Crippen MR) is 117 cm³/mol. The van der Waals surface area contributed by atoms with Crippen molar-refractivity contribution >= 4 is 33.7 Å². The van der Waals surface area contributed by atoms with E-state index in [0.29, 0.717) is 18.5 Å². The van der Waals surface area contributed by atoms with E-state index >= 15 is 0 Å². The van der Waals surface area contributed by atoms with Crippen molar-refractivity contribution in [2.45, 2.75) is 38.5 Å². The Bertz CT molecular complexity index is 961. The second kappa shape index (κ2) is 9.40. The third-order valence-electron chi connectivity index (χ3n) is 5.18. The molecule has 0 bridgehead atoms. The van der Waals surface area contributed by atoms with Gasteiger partial charge in [-0.15, -0.1) is 0 Å². The average molecular weight is 473 g/mol. The van der Waals surface area contributed by atoms with Crippen LogP contribution < -0.4 is 11.5 Å². The predicted octanol–water partition coefficient (Wildman–Crippen LogP) is 2.55. The molecule has 3 amide bonds. The highest BCUT2D eigenvalue weighted by Crippen LogP contribution is 2.41. The van der Waals surface area contributed by atoms with Crippen LogP contribution in [0.3, 0.4) is 0 Å². The number of hydrogen-bond acceptors (Lipinski definition) is 4. The van der Waals surface area contributed by atoms with Crippen molar-refractivity contribution in [3.8, 4) is 0 Å². The monoisotopic (exact) mass is 472 g/mol. The number of nitrogens with zero attached hydrogens (tertiary/aromatic N) is 2. The molecule has 0 aliphatic carbocycles. The van der Waals surface area contributed by atoms with Gasteiger partial charge >= 0.3 is 0 Å². The van der Waals surface area contributed by atoms with Gasteiger partial charge in [0.1, 0.15) is 12.2 Å². The zero-order valence-corrected chi connectivity index (χ0v) is 18.3. The summed E-state index contributed by atoms with van der Waals surface area (Å²) in [5.74, 6) is -0.865. The van der Waals surface area contributed by atoms with Gasteiger partial charge in [-0.25, -0.2) is 0 Å². The maximum absolute atomic E-state index is 13.0. The average Bonchev–Trinajstić information content (AvgIpc) is 2.83. The Hall–Kier alpha value is -2.71. The van der Waals surface area contributed by atoms with Gasteiger partial charge < -0.3 is 16.4 Å². The second-order valence-corrected chi connectivity index (χ2v) is 8.36. The molecule has 2 heterocycles. The second-order valence-electron chi connectivity index (χ2n) is 7.44. The molecule has 0 spiro atoms. The minimum absolute atomic E-state index is 0.101. The molecule has 30 heavy (non-hydrogen) atoms. The third kappa shape index (κ3) is 4.71. The molecule has 1 saturated heterocycles. The van der Waals surface area contributed by atoms with Crippen molar-refractivity contribution < 1.29 is 14.4 Å². The summed E-state index contributed by atoms with van der Waals surface area (Å²) in [6.45, 7) is 2.81. The molecule has 7 nitrogen and oxygen atoms in total. The van der Waals surface area contributed by atoms with Crippen LogP contribution in [0, 0.1) is 0 Å². The number of carbonyl (C=O) groups is 3. The van der Waals surface area contributed by atoms with Crippen LogP contribution in [0.1, 0.15) is 47.4 Å². The largest absolute Gasteiger partial charge is 0.370 e. The van der Waals surface area contributed by atoms with Crippen LogP contribution in [0.25, 0.3) is 0 Å². The van der Waals surface area contributed by atoms with E-state index in [1.807, 2.05) is 36.4 Å². The number of nitrogens with two attached hydrogens (primary N) is 2. The van der Waals surface area contributed by atoms with E-state index in [4.69, 9.17) is 5.73 Å². The van der Waals surface area contributed by atoms with Crippen LogP contribution in [0.5, 0.6) is 0 Å². The van der Waals surface area contributed by atoms with Gasteiger partial charge in [0.15, 0.2) is 0 Å². The van der Waals surface area contributed by atoms with E-state index in [-0.39, 0.29) is 18.0 Å². The van der Waals surface area contributed by atoms with Gasteiger partial charge in [-0.05, 0) is 36.6 Å². The first-order valence-corrected chi connectivity index (χ1v) is 10.5. The fourth-order valence-corrected chi connectivity index (χ4v) is 4.51. The highest BCUT2D eigenvalue weighted by atomic mass is 79.9. The summed E-state index contributed by atoms with van der Waals surface area (Å²) in [5.41, 5.74) is 12.9. The van der Waals surface area contributed by atoms with Crippen LogP contribution in [-0.4, -0.2) is 40.1 Å². The zero-order chi connectivity index (χ0) is 21.8. The molecule has 4 rings (SSSR count). The molecular formula is C22H25BrN4O3. The molecule has 0 saturated carbocycles. The van der Waals surface area contributed by atoms with Gasteiger partial charge in [-0.2, -0.15) is 0 Å². The summed E-state index contributed by atoms with van der Waals surface area (Å²) < 4.78 is 1.03. The van der Waals surface area contributed by atoms with Crippen LogP contribution in [-0.2, 0) is 16.1 Å². The topological polar surface area (TPSA) is 110 Å². The van der Waals surface area contributed by atoms with Gasteiger partial charge in [0, 0.05) is 35.6 Å². The normalized spacial score (nSPS) is 20.5. The Kier molecular flexibility index (Phi) is 6.89. The van der Waals surface area contributed by atoms with Crippen molar-refractivity contribution in [2.24, 2.45) is 11.5 Å². The lowest BCUT2D eigenvalue weighted by atomic mass is 10.1. The summed E-state index contributed by atoms with van der Waals surface area (Å²) in [4.78, 5) is 38.3. The van der Waals surface area contributed by atoms with E-state index in [1.165, 1.54) is 6.92 Å². The number of rotatable bonds is 3. The standard InChI is InChI=1S/C20H20BrN3O2.C2H5NO/c21-14-6-3-5-13(11-14)12-23-10-4-9-17(18(22)25)24-19(23)15-7-1-2-8-16(15)20(24)26;1-2(3)4/h1-3,5-8,11,17,19H,4,9-10,12H2,(H2,22,25);1H3,(H2,3,4). The number of primary amides is 2. The van der Waals surface area contributed by atoms with E-state index in [0.717, 1.165) is 28.6 Å². The highest BCUT2D eigenvalue weighted by molar-refractivity contribution is 9.10. The van der Waals surface area contributed by atoms with Gasteiger partial charge in [0.05, 0.1) is 0 Å². The Morgan fingerprint density at radius 3 is 2.50 bits per heavy atom. The minimum atomic E-state index is -0.563. The van der Waals surface area contributed by atoms with Crippen LogP contribution in [0.2, 0.25) is 0 Å². The Labute approximate surface area is 184 Å². The molecule has 1 fully saturated rings. The highest BCUT2D eigenvalue weighted by Gasteiger charge is 2.46. The summed E-state index contributed by atoms with van der Waals surface area (Å²) in [6.07, 6.45) is 1.17. The summed E-state index contributed by atoms with van der Waals surface area (Å²) in [5, 5.41) is 0. The van der Waals surface area contributed by atoms with Crippen LogP contribution in [0.4, 0.5) is 0 Å². The summed E-state index contributed by atoms with van der Waals surface area (Å²) >= 11 is 3.52. The first kappa shape index (κ1) is 22.0. The molecule has 8 heteroatoms. The molecule has 0 aromatic heterocycles. The van der Waals surface area contributed by atoms with Crippen molar-refractivity contribution in [3.63, 3.8) is 0 Å². The summed E-state index contributed by atoms with van der Waals surface area (Å²) in [7, 11) is 0. The molecule has 2 unspecified atom stereocenters. The molecule has 2 aromatic rings. The maximum Gasteiger partial charge on any atom is 0.256 e. The number of fused-ring (bicyclic) bond motifs is 3. The number of carbonyl (C=O) groups excluding carboxylic acids is 3. The third-order valence-corrected chi connectivity index (χ3v) is 5.67.